The Balaban J connectivity index is 2.46. The summed E-state index contributed by atoms with van der Waals surface area (Å²) in [5.74, 6) is -0.681. The van der Waals surface area contributed by atoms with E-state index in [-0.39, 0.29) is 4.90 Å². The number of carbonyl (C=O) groups excluding carboxylic acids is 1. The number of methoxy groups -OCH3 is 1. The zero-order valence-corrected chi connectivity index (χ0v) is 14.1. The number of nitrogens with one attached hydrogen (secondary N) is 1. The molecule has 23 heavy (non-hydrogen) atoms. The van der Waals surface area contributed by atoms with Gasteiger partial charge in [-0.15, -0.1) is 0 Å². The van der Waals surface area contributed by atoms with Crippen LogP contribution in [0.2, 0.25) is 0 Å². The zero-order chi connectivity index (χ0) is 17.1. The highest BCUT2D eigenvalue weighted by atomic mass is 32.2. The lowest BCUT2D eigenvalue weighted by atomic mass is 9.93. The van der Waals surface area contributed by atoms with E-state index in [1.807, 2.05) is 6.92 Å². The van der Waals surface area contributed by atoms with Gasteiger partial charge in [-0.1, -0.05) is 48.0 Å². The third-order valence-electron chi connectivity index (χ3n) is 3.61. The number of rotatable bonds is 5. The first-order valence-corrected chi connectivity index (χ1v) is 8.52. The molecule has 0 heterocycles. The lowest BCUT2D eigenvalue weighted by Crippen LogP contribution is -2.50. The highest BCUT2D eigenvalue weighted by Crippen LogP contribution is 2.25. The van der Waals surface area contributed by atoms with Gasteiger partial charge >= 0.3 is 5.97 Å². The molecule has 1 unspecified atom stereocenters. The second kappa shape index (κ2) is 6.52. The molecule has 0 spiro atoms. The number of carbonyl (C=O) groups is 1. The van der Waals surface area contributed by atoms with Gasteiger partial charge in [0, 0.05) is 0 Å². The van der Waals surface area contributed by atoms with Crippen LogP contribution in [-0.4, -0.2) is 21.5 Å². The van der Waals surface area contributed by atoms with E-state index in [2.05, 4.69) is 4.72 Å². The van der Waals surface area contributed by atoms with Gasteiger partial charge in [0.1, 0.15) is 0 Å². The van der Waals surface area contributed by atoms with Gasteiger partial charge in [-0.05, 0) is 31.5 Å². The quantitative estimate of drug-likeness (QED) is 0.853. The summed E-state index contributed by atoms with van der Waals surface area (Å²) in [4.78, 5) is 12.3. The fourth-order valence-corrected chi connectivity index (χ4v) is 3.59. The summed E-state index contributed by atoms with van der Waals surface area (Å²) in [7, 11) is -2.66. The lowest BCUT2D eigenvalue weighted by molar-refractivity contribution is -0.147. The fraction of sp³-hybridized carbons (Fsp3) is 0.235. The monoisotopic (exact) mass is 333 g/mol. The molecule has 0 saturated heterocycles. The molecule has 0 radical (unpaired) electrons. The molecule has 5 nitrogen and oxygen atoms in total. The van der Waals surface area contributed by atoms with Gasteiger partial charge in [-0.2, -0.15) is 4.72 Å². The Labute approximate surface area is 136 Å². The average molecular weight is 333 g/mol. The molecule has 0 amide bonds. The maximum Gasteiger partial charge on any atom is 0.331 e. The van der Waals surface area contributed by atoms with Gasteiger partial charge in [0.2, 0.25) is 10.0 Å². The molecule has 0 saturated carbocycles. The topological polar surface area (TPSA) is 72.5 Å². The summed E-state index contributed by atoms with van der Waals surface area (Å²) in [5, 5.41) is 0. The van der Waals surface area contributed by atoms with Crippen LogP contribution < -0.4 is 4.72 Å². The maximum absolute atomic E-state index is 12.6. The maximum atomic E-state index is 12.6. The number of hydrogen-bond acceptors (Lipinski definition) is 4. The Morgan fingerprint density at radius 1 is 1.04 bits per heavy atom. The van der Waals surface area contributed by atoms with Crippen LogP contribution >= 0.6 is 0 Å². The van der Waals surface area contributed by atoms with Crippen molar-refractivity contribution in [2.24, 2.45) is 0 Å². The summed E-state index contributed by atoms with van der Waals surface area (Å²) in [6.07, 6.45) is 0. The van der Waals surface area contributed by atoms with E-state index >= 15 is 0 Å². The molecule has 0 bridgehead atoms. The minimum Gasteiger partial charge on any atom is -0.467 e. The fourth-order valence-electron chi connectivity index (χ4n) is 2.24. The molecule has 0 aliphatic carbocycles. The van der Waals surface area contributed by atoms with Gasteiger partial charge < -0.3 is 4.74 Å². The summed E-state index contributed by atoms with van der Waals surface area (Å²) >= 11 is 0. The zero-order valence-electron chi connectivity index (χ0n) is 13.2. The molecule has 2 aromatic rings. The molecular formula is C17H19NO4S. The third kappa shape index (κ3) is 3.60. The van der Waals surface area contributed by atoms with Gasteiger partial charge in [0.15, 0.2) is 5.54 Å². The number of esters is 1. The normalized spacial score (nSPS) is 14.0. The second-order valence-corrected chi connectivity index (χ2v) is 7.08. The van der Waals surface area contributed by atoms with Gasteiger partial charge in [-0.25, -0.2) is 13.2 Å². The summed E-state index contributed by atoms with van der Waals surface area (Å²) in [5.41, 5.74) is -0.0648. The first-order chi connectivity index (χ1) is 10.8. The van der Waals surface area contributed by atoms with Crippen molar-refractivity contribution in [3.05, 3.63) is 65.7 Å². The molecule has 2 rings (SSSR count). The van der Waals surface area contributed by atoms with Gasteiger partial charge in [0.05, 0.1) is 12.0 Å². The summed E-state index contributed by atoms with van der Waals surface area (Å²) in [6.45, 7) is 3.35. The van der Waals surface area contributed by atoms with Crippen LogP contribution in [0.25, 0.3) is 0 Å². The van der Waals surface area contributed by atoms with Crippen LogP contribution in [0.3, 0.4) is 0 Å². The molecule has 2 aromatic carbocycles. The minimum atomic E-state index is -3.89. The number of benzene rings is 2. The Hall–Kier alpha value is -2.18. The second-order valence-electron chi connectivity index (χ2n) is 5.40. The van der Waals surface area contributed by atoms with Crippen molar-refractivity contribution in [1.82, 2.24) is 4.72 Å². The van der Waals surface area contributed by atoms with Crippen molar-refractivity contribution in [1.29, 1.82) is 0 Å². The molecule has 0 aromatic heterocycles. The third-order valence-corrected chi connectivity index (χ3v) is 5.18. The molecular weight excluding hydrogens is 314 g/mol. The predicted octanol–water partition coefficient (Wildman–Crippen LogP) is 2.36. The molecule has 1 atom stereocenters. The molecule has 0 aliphatic heterocycles. The van der Waals surface area contributed by atoms with Crippen LogP contribution in [0.5, 0.6) is 0 Å². The SMILES string of the molecule is COC(=O)C(C)(NS(=O)(=O)c1ccc(C)cc1)c1ccccc1. The molecule has 0 fully saturated rings. The van der Waals surface area contributed by atoms with Crippen molar-refractivity contribution in [3.8, 4) is 0 Å². The average Bonchev–Trinajstić information content (AvgIpc) is 2.54. The standard InChI is InChI=1S/C17H19NO4S/c1-13-9-11-15(12-10-13)23(20,21)18-17(2,16(19)22-3)14-7-5-4-6-8-14/h4-12,18H,1-3H3. The first kappa shape index (κ1) is 17.2. The van der Waals surface area contributed by atoms with E-state index in [0.717, 1.165) is 5.56 Å². The number of hydrogen-bond donors (Lipinski definition) is 1. The number of aryl methyl sites for hydroxylation is 1. The number of ether oxygens (including phenoxy) is 1. The van der Waals surface area contributed by atoms with Crippen LogP contribution in [0, 0.1) is 6.92 Å². The van der Waals surface area contributed by atoms with Crippen LogP contribution in [0.4, 0.5) is 0 Å². The van der Waals surface area contributed by atoms with Crippen molar-refractivity contribution < 1.29 is 17.9 Å². The summed E-state index contributed by atoms with van der Waals surface area (Å²) in [6, 6.07) is 15.0. The summed E-state index contributed by atoms with van der Waals surface area (Å²) < 4.78 is 32.5. The van der Waals surface area contributed by atoms with Gasteiger partial charge in [0.25, 0.3) is 0 Å². The van der Waals surface area contributed by atoms with E-state index in [4.69, 9.17) is 4.74 Å². The molecule has 6 heteroatoms. The van der Waals surface area contributed by atoms with Crippen molar-refractivity contribution in [2.45, 2.75) is 24.3 Å². The van der Waals surface area contributed by atoms with E-state index in [9.17, 15) is 13.2 Å². The Morgan fingerprint density at radius 2 is 1.61 bits per heavy atom. The van der Waals surface area contributed by atoms with E-state index in [0.29, 0.717) is 5.56 Å². The predicted molar refractivity (Wildman–Crippen MR) is 87.3 cm³/mol. The minimum absolute atomic E-state index is 0.0918. The highest BCUT2D eigenvalue weighted by Gasteiger charge is 2.40. The van der Waals surface area contributed by atoms with Crippen molar-refractivity contribution >= 4 is 16.0 Å². The molecule has 122 valence electrons. The van der Waals surface area contributed by atoms with Crippen LogP contribution in [0.15, 0.2) is 59.5 Å². The molecule has 1 N–H and O–H groups in total. The van der Waals surface area contributed by atoms with Crippen molar-refractivity contribution in [2.75, 3.05) is 7.11 Å². The Morgan fingerprint density at radius 3 is 2.13 bits per heavy atom. The number of sulfonamides is 1. The Bertz CT molecular complexity index is 785. The van der Waals surface area contributed by atoms with Crippen molar-refractivity contribution in [3.63, 3.8) is 0 Å². The largest absolute Gasteiger partial charge is 0.467 e. The van der Waals surface area contributed by atoms with E-state index < -0.39 is 21.5 Å². The highest BCUT2D eigenvalue weighted by molar-refractivity contribution is 7.89. The van der Waals surface area contributed by atoms with Crippen LogP contribution in [0.1, 0.15) is 18.1 Å². The Kier molecular flexibility index (Phi) is 4.87. The van der Waals surface area contributed by atoms with E-state index in [1.54, 1.807) is 42.5 Å². The van der Waals surface area contributed by atoms with Crippen LogP contribution in [-0.2, 0) is 25.1 Å². The van der Waals surface area contributed by atoms with E-state index in [1.165, 1.54) is 26.2 Å². The smallest absolute Gasteiger partial charge is 0.331 e. The lowest BCUT2D eigenvalue weighted by Gasteiger charge is -2.28. The molecule has 0 aliphatic rings. The first-order valence-electron chi connectivity index (χ1n) is 7.04. The van der Waals surface area contributed by atoms with Gasteiger partial charge in [-0.3, -0.25) is 0 Å².